The van der Waals surface area contributed by atoms with E-state index in [1.54, 1.807) is 6.92 Å². The monoisotopic (exact) mass is 295 g/mol. The van der Waals surface area contributed by atoms with Crippen LogP contribution in [0.1, 0.15) is 27.2 Å². The Kier molecular flexibility index (Phi) is 4.65. The molecular formula is C15H21NO5. The zero-order valence-corrected chi connectivity index (χ0v) is 12.6. The highest BCUT2D eigenvalue weighted by molar-refractivity contribution is 5.73. The van der Waals surface area contributed by atoms with Crippen LogP contribution in [0.2, 0.25) is 0 Å². The largest absolute Gasteiger partial charge is 0.465 e. The maximum Gasteiger partial charge on any atom is 0.307 e. The molecule has 1 saturated heterocycles. The van der Waals surface area contributed by atoms with Crippen LogP contribution < -0.4 is 0 Å². The van der Waals surface area contributed by atoms with E-state index in [1.807, 2.05) is 11.0 Å². The molecule has 0 aromatic rings. The highest BCUT2D eigenvalue weighted by Crippen LogP contribution is 2.38. The lowest BCUT2D eigenvalue weighted by molar-refractivity contribution is -0.143. The molecule has 2 rings (SSSR count). The standard InChI is InChI=1S/C15H21NO5/c1-9(17)16-6-12-4-14(8-20-10(2)18)15(21-11(3)19)5-13(12)7-16/h5,12-14H,4,6-8H2,1-3H3/t12-,13-,14-/m1/s1. The number of hydrogen-bond donors (Lipinski definition) is 0. The molecule has 116 valence electrons. The molecule has 0 aromatic carbocycles. The van der Waals surface area contributed by atoms with Crippen LogP contribution in [0.4, 0.5) is 0 Å². The van der Waals surface area contributed by atoms with Crippen molar-refractivity contribution in [3.8, 4) is 0 Å². The summed E-state index contributed by atoms with van der Waals surface area (Å²) in [5.74, 6) is 0.306. The van der Waals surface area contributed by atoms with E-state index in [4.69, 9.17) is 9.47 Å². The van der Waals surface area contributed by atoms with Crippen LogP contribution in [0.15, 0.2) is 11.8 Å². The third-order valence-electron chi connectivity index (χ3n) is 4.05. The molecule has 1 aliphatic carbocycles. The topological polar surface area (TPSA) is 72.9 Å². The summed E-state index contributed by atoms with van der Waals surface area (Å²) < 4.78 is 10.3. The molecule has 0 saturated carbocycles. The van der Waals surface area contributed by atoms with Gasteiger partial charge in [0.05, 0.1) is 5.92 Å². The number of carbonyl (C=O) groups excluding carboxylic acids is 3. The second kappa shape index (κ2) is 6.28. The van der Waals surface area contributed by atoms with E-state index < -0.39 is 0 Å². The van der Waals surface area contributed by atoms with E-state index in [9.17, 15) is 14.4 Å². The third kappa shape index (κ3) is 3.83. The molecule has 0 spiro atoms. The summed E-state index contributed by atoms with van der Waals surface area (Å²) in [4.78, 5) is 35.5. The van der Waals surface area contributed by atoms with Crippen molar-refractivity contribution in [2.75, 3.05) is 19.7 Å². The zero-order chi connectivity index (χ0) is 15.6. The highest BCUT2D eigenvalue weighted by Gasteiger charge is 2.40. The van der Waals surface area contributed by atoms with Gasteiger partial charge in [-0.2, -0.15) is 0 Å². The molecule has 6 nitrogen and oxygen atoms in total. The Hall–Kier alpha value is -1.85. The van der Waals surface area contributed by atoms with Gasteiger partial charge < -0.3 is 14.4 Å². The molecule has 1 aliphatic heterocycles. The van der Waals surface area contributed by atoms with Crippen LogP contribution in [0, 0.1) is 17.8 Å². The van der Waals surface area contributed by atoms with E-state index in [0.717, 1.165) is 6.42 Å². The Morgan fingerprint density at radius 3 is 2.48 bits per heavy atom. The summed E-state index contributed by atoms with van der Waals surface area (Å²) in [6, 6.07) is 0. The molecule has 2 aliphatic rings. The molecule has 0 unspecified atom stereocenters. The quantitative estimate of drug-likeness (QED) is 0.729. The Bertz CT molecular complexity index is 484. The minimum atomic E-state index is -0.381. The molecule has 0 bridgehead atoms. The van der Waals surface area contributed by atoms with Gasteiger partial charge in [0.1, 0.15) is 12.4 Å². The minimum absolute atomic E-state index is 0.0587. The van der Waals surface area contributed by atoms with Gasteiger partial charge >= 0.3 is 11.9 Å². The summed E-state index contributed by atoms with van der Waals surface area (Å²) in [5, 5.41) is 0. The van der Waals surface area contributed by atoms with E-state index in [-0.39, 0.29) is 36.3 Å². The van der Waals surface area contributed by atoms with Gasteiger partial charge in [0.15, 0.2) is 0 Å². The lowest BCUT2D eigenvalue weighted by atomic mass is 9.80. The van der Waals surface area contributed by atoms with Gasteiger partial charge in [-0.05, 0) is 18.4 Å². The van der Waals surface area contributed by atoms with Crippen molar-refractivity contribution in [2.45, 2.75) is 27.2 Å². The second-order valence-corrected chi connectivity index (χ2v) is 5.75. The molecule has 3 atom stereocenters. The number of carbonyl (C=O) groups is 3. The minimum Gasteiger partial charge on any atom is -0.465 e. The Balaban J connectivity index is 2.11. The first-order chi connectivity index (χ1) is 9.86. The van der Waals surface area contributed by atoms with Crippen molar-refractivity contribution in [2.24, 2.45) is 17.8 Å². The van der Waals surface area contributed by atoms with Gasteiger partial charge in [-0.1, -0.05) is 0 Å². The first-order valence-electron chi connectivity index (χ1n) is 7.15. The second-order valence-electron chi connectivity index (χ2n) is 5.75. The van der Waals surface area contributed by atoms with Crippen LogP contribution in [0.3, 0.4) is 0 Å². The maximum atomic E-state index is 11.5. The summed E-state index contributed by atoms with van der Waals surface area (Å²) in [7, 11) is 0. The number of amides is 1. The fourth-order valence-electron chi connectivity index (χ4n) is 3.07. The molecule has 1 heterocycles. The first kappa shape index (κ1) is 15.5. The van der Waals surface area contributed by atoms with Gasteiger partial charge in [-0.3, -0.25) is 14.4 Å². The Morgan fingerprint density at radius 2 is 1.90 bits per heavy atom. The summed E-state index contributed by atoms with van der Waals surface area (Å²) in [6.07, 6.45) is 2.67. The van der Waals surface area contributed by atoms with Crippen molar-refractivity contribution in [3.63, 3.8) is 0 Å². The van der Waals surface area contributed by atoms with Gasteiger partial charge in [0.2, 0.25) is 5.91 Å². The molecule has 0 N–H and O–H groups in total. The van der Waals surface area contributed by atoms with Crippen molar-refractivity contribution < 1.29 is 23.9 Å². The zero-order valence-electron chi connectivity index (χ0n) is 12.6. The van der Waals surface area contributed by atoms with E-state index in [0.29, 0.717) is 24.8 Å². The van der Waals surface area contributed by atoms with Crippen LogP contribution in [0.5, 0.6) is 0 Å². The van der Waals surface area contributed by atoms with Crippen LogP contribution in [-0.4, -0.2) is 42.4 Å². The molecule has 21 heavy (non-hydrogen) atoms. The Labute approximate surface area is 124 Å². The van der Waals surface area contributed by atoms with Gasteiger partial charge in [-0.25, -0.2) is 0 Å². The van der Waals surface area contributed by atoms with E-state index in [2.05, 4.69) is 0 Å². The van der Waals surface area contributed by atoms with Crippen LogP contribution in [-0.2, 0) is 23.9 Å². The van der Waals surface area contributed by atoms with Gasteiger partial charge in [0, 0.05) is 39.8 Å². The maximum absolute atomic E-state index is 11.5. The number of rotatable bonds is 3. The molecular weight excluding hydrogens is 274 g/mol. The lowest BCUT2D eigenvalue weighted by Gasteiger charge is -2.29. The van der Waals surface area contributed by atoms with Crippen molar-refractivity contribution in [1.82, 2.24) is 4.90 Å². The van der Waals surface area contributed by atoms with Crippen molar-refractivity contribution in [3.05, 3.63) is 11.8 Å². The fraction of sp³-hybridized carbons (Fsp3) is 0.667. The number of fused-ring (bicyclic) bond motifs is 1. The molecule has 1 amide bonds. The number of likely N-dealkylation sites (tertiary alicyclic amines) is 1. The normalized spacial score (nSPS) is 27.7. The lowest BCUT2D eigenvalue weighted by Crippen LogP contribution is -2.28. The molecule has 6 heteroatoms. The smallest absolute Gasteiger partial charge is 0.307 e. The SMILES string of the molecule is CC(=O)OC[C@H]1C[C@@H]2CN(C(C)=O)C[C@H]2C=C1OC(C)=O. The van der Waals surface area contributed by atoms with Gasteiger partial charge in [-0.15, -0.1) is 0 Å². The first-order valence-corrected chi connectivity index (χ1v) is 7.15. The van der Waals surface area contributed by atoms with Crippen LogP contribution >= 0.6 is 0 Å². The predicted octanol–water partition coefficient (Wildman–Crippen LogP) is 1.11. The summed E-state index contributed by atoms with van der Waals surface area (Å²) >= 11 is 0. The van der Waals surface area contributed by atoms with Crippen LogP contribution in [0.25, 0.3) is 0 Å². The molecule has 1 fully saturated rings. The van der Waals surface area contributed by atoms with E-state index >= 15 is 0 Å². The average molecular weight is 295 g/mol. The highest BCUT2D eigenvalue weighted by atomic mass is 16.5. The number of hydrogen-bond acceptors (Lipinski definition) is 5. The number of ether oxygens (including phenoxy) is 2. The van der Waals surface area contributed by atoms with Crippen molar-refractivity contribution >= 4 is 17.8 Å². The number of nitrogens with zero attached hydrogens (tertiary/aromatic N) is 1. The fourth-order valence-corrected chi connectivity index (χ4v) is 3.07. The summed E-state index contributed by atoms with van der Waals surface area (Å²) in [5.41, 5.74) is 0. The third-order valence-corrected chi connectivity index (χ3v) is 4.05. The molecule has 0 radical (unpaired) electrons. The predicted molar refractivity (Wildman–Crippen MR) is 73.8 cm³/mol. The van der Waals surface area contributed by atoms with Crippen molar-refractivity contribution in [1.29, 1.82) is 0 Å². The average Bonchev–Trinajstić information content (AvgIpc) is 2.78. The number of esters is 2. The Morgan fingerprint density at radius 1 is 1.19 bits per heavy atom. The molecule has 0 aromatic heterocycles. The van der Waals surface area contributed by atoms with Gasteiger partial charge in [0.25, 0.3) is 0 Å². The summed E-state index contributed by atoms with van der Waals surface area (Å²) in [6.45, 7) is 5.84. The van der Waals surface area contributed by atoms with E-state index in [1.165, 1.54) is 13.8 Å².